The third kappa shape index (κ3) is 5.74. The fraction of sp³-hybridized carbons (Fsp3) is 0.276. The fourth-order valence-electron chi connectivity index (χ4n) is 4.90. The van der Waals surface area contributed by atoms with E-state index in [0.29, 0.717) is 24.9 Å². The molecule has 7 nitrogen and oxygen atoms in total. The second kappa shape index (κ2) is 11.1. The minimum absolute atomic E-state index is 0.174. The van der Waals surface area contributed by atoms with Crippen molar-refractivity contribution in [3.05, 3.63) is 101 Å². The van der Waals surface area contributed by atoms with Crippen LogP contribution in [-0.4, -0.2) is 40.0 Å². The van der Waals surface area contributed by atoms with Crippen LogP contribution in [0.25, 0.3) is 0 Å². The number of aliphatic carboxylic acids is 1. The topological polar surface area (TPSA) is 104 Å². The highest BCUT2D eigenvalue weighted by Gasteiger charge is 2.38. The molecule has 0 fully saturated rings. The van der Waals surface area contributed by atoms with Crippen LogP contribution in [-0.2, 0) is 29.0 Å². The van der Waals surface area contributed by atoms with E-state index >= 15 is 0 Å². The predicted octanol–water partition coefficient (Wildman–Crippen LogP) is 4.31. The molecule has 7 heteroatoms. The second-order valence-corrected chi connectivity index (χ2v) is 9.27. The molecule has 1 heterocycles. The van der Waals surface area contributed by atoms with Gasteiger partial charge in [-0.25, -0.2) is 4.79 Å². The molecule has 36 heavy (non-hydrogen) atoms. The van der Waals surface area contributed by atoms with Gasteiger partial charge in [-0.05, 0) is 55.0 Å². The Morgan fingerprint density at radius 3 is 2.25 bits per heavy atom. The maximum absolute atomic E-state index is 14.2. The Morgan fingerprint density at radius 1 is 0.972 bits per heavy atom. The van der Waals surface area contributed by atoms with Gasteiger partial charge in [0, 0.05) is 18.3 Å². The summed E-state index contributed by atoms with van der Waals surface area (Å²) in [7, 11) is 0. The van der Waals surface area contributed by atoms with Crippen molar-refractivity contribution in [3.63, 3.8) is 0 Å². The number of nitrogens with two attached hydrogens (primary N) is 1. The first-order valence-electron chi connectivity index (χ1n) is 12.1. The van der Waals surface area contributed by atoms with Gasteiger partial charge in [0.1, 0.15) is 6.04 Å². The van der Waals surface area contributed by atoms with Gasteiger partial charge in [-0.1, -0.05) is 72.3 Å². The minimum Gasteiger partial charge on any atom is -0.481 e. The fourth-order valence-corrected chi connectivity index (χ4v) is 4.90. The van der Waals surface area contributed by atoms with E-state index in [0.717, 1.165) is 22.3 Å². The van der Waals surface area contributed by atoms with Crippen LogP contribution in [0, 0.1) is 6.92 Å². The molecular formula is C29H31N3O4. The predicted molar refractivity (Wildman–Crippen MR) is 139 cm³/mol. The average Bonchev–Trinajstić information content (AvgIpc) is 2.86. The number of amides is 3. The molecule has 4 rings (SSSR count). The number of nitrogens with zero attached hydrogens (tertiary/aromatic N) is 2. The van der Waals surface area contributed by atoms with Crippen molar-refractivity contribution < 1.29 is 19.5 Å². The van der Waals surface area contributed by atoms with E-state index in [1.54, 1.807) is 17.0 Å². The number of primary amides is 1. The van der Waals surface area contributed by atoms with Crippen LogP contribution in [0.3, 0.4) is 0 Å². The molecule has 3 amide bonds. The van der Waals surface area contributed by atoms with Crippen LogP contribution in [0.4, 0.5) is 10.5 Å². The molecule has 186 valence electrons. The summed E-state index contributed by atoms with van der Waals surface area (Å²) < 4.78 is 0. The van der Waals surface area contributed by atoms with E-state index in [9.17, 15) is 19.5 Å². The molecule has 0 aromatic heterocycles. The molecule has 0 spiro atoms. The van der Waals surface area contributed by atoms with Crippen molar-refractivity contribution in [1.82, 2.24) is 4.90 Å². The van der Waals surface area contributed by atoms with Crippen LogP contribution in [0.15, 0.2) is 78.9 Å². The number of carbonyl (C=O) groups excluding carboxylic acids is 2. The van der Waals surface area contributed by atoms with Crippen LogP contribution in [0.2, 0.25) is 0 Å². The summed E-state index contributed by atoms with van der Waals surface area (Å²) >= 11 is 0. The largest absolute Gasteiger partial charge is 0.481 e. The standard InChI is InChI=1S/C29H31N3O4/c1-20-11-14-24(15-12-20)32(29(30)36)26(16-13-21-7-3-2-4-8-21)28(35)31-19-23-10-6-5-9-22(23)17-25(31)18-27(33)34/h2-12,14-15,25-26H,13,16-19H2,1H3,(H2,30,36)(H,33,34)/t25-,26+/m1/s1. The zero-order valence-corrected chi connectivity index (χ0v) is 20.3. The highest BCUT2D eigenvalue weighted by atomic mass is 16.4. The number of urea groups is 1. The summed E-state index contributed by atoms with van der Waals surface area (Å²) in [6.07, 6.45) is 1.17. The number of fused-ring (bicyclic) bond motifs is 1. The van der Waals surface area contributed by atoms with Gasteiger partial charge in [0.05, 0.1) is 6.42 Å². The zero-order valence-electron chi connectivity index (χ0n) is 20.3. The van der Waals surface area contributed by atoms with E-state index in [4.69, 9.17) is 5.73 Å². The molecule has 1 aliphatic rings. The lowest BCUT2D eigenvalue weighted by Gasteiger charge is -2.40. The summed E-state index contributed by atoms with van der Waals surface area (Å²) in [6.45, 7) is 2.23. The van der Waals surface area contributed by atoms with Crippen LogP contribution >= 0.6 is 0 Å². The number of carbonyl (C=O) groups is 3. The van der Waals surface area contributed by atoms with Gasteiger partial charge >= 0.3 is 12.0 Å². The monoisotopic (exact) mass is 485 g/mol. The number of hydrogen-bond donors (Lipinski definition) is 2. The normalized spacial score (nSPS) is 15.6. The molecule has 0 radical (unpaired) electrons. The molecule has 0 unspecified atom stereocenters. The molecule has 0 bridgehead atoms. The van der Waals surface area contributed by atoms with Crippen LogP contribution < -0.4 is 10.6 Å². The molecule has 0 saturated carbocycles. The Labute approximate surface area is 211 Å². The Hall–Kier alpha value is -4.13. The Bertz CT molecular complexity index is 1230. The lowest BCUT2D eigenvalue weighted by Crippen LogP contribution is -2.56. The first kappa shape index (κ1) is 25.0. The first-order valence-corrected chi connectivity index (χ1v) is 12.1. The van der Waals surface area contributed by atoms with Crippen LogP contribution in [0.5, 0.6) is 0 Å². The minimum atomic E-state index is -0.969. The van der Waals surface area contributed by atoms with Gasteiger partial charge in [0.25, 0.3) is 0 Å². The number of benzene rings is 3. The molecule has 2 atom stereocenters. The van der Waals surface area contributed by atoms with Gasteiger partial charge in [0.2, 0.25) is 5.91 Å². The summed E-state index contributed by atoms with van der Waals surface area (Å²) in [6, 6.07) is 22.7. The number of carboxylic acid groups (broad SMARTS) is 1. The van der Waals surface area contributed by atoms with E-state index in [1.165, 1.54) is 4.90 Å². The van der Waals surface area contributed by atoms with E-state index < -0.39 is 24.1 Å². The summed E-state index contributed by atoms with van der Waals surface area (Å²) in [4.78, 5) is 41.6. The average molecular weight is 486 g/mol. The van der Waals surface area contributed by atoms with Crippen LogP contribution in [0.1, 0.15) is 35.1 Å². The van der Waals surface area contributed by atoms with Gasteiger partial charge in [-0.15, -0.1) is 0 Å². The van der Waals surface area contributed by atoms with E-state index in [2.05, 4.69) is 0 Å². The number of aryl methyl sites for hydroxylation is 2. The smallest absolute Gasteiger partial charge is 0.320 e. The van der Waals surface area contributed by atoms with Crippen molar-refractivity contribution in [1.29, 1.82) is 0 Å². The Morgan fingerprint density at radius 2 is 1.61 bits per heavy atom. The van der Waals surface area contributed by atoms with Crippen molar-refractivity contribution >= 4 is 23.6 Å². The highest BCUT2D eigenvalue weighted by molar-refractivity contribution is 5.99. The van der Waals surface area contributed by atoms with Gasteiger partial charge in [-0.2, -0.15) is 0 Å². The van der Waals surface area contributed by atoms with Gasteiger partial charge in [0.15, 0.2) is 0 Å². The Balaban J connectivity index is 1.72. The molecule has 3 aromatic carbocycles. The molecular weight excluding hydrogens is 454 g/mol. The maximum atomic E-state index is 14.2. The summed E-state index contributed by atoms with van der Waals surface area (Å²) in [5.74, 6) is -1.27. The SMILES string of the molecule is Cc1ccc(N(C(N)=O)[C@@H](CCc2ccccc2)C(=O)N2Cc3ccccc3C[C@@H]2CC(=O)O)cc1. The highest BCUT2D eigenvalue weighted by Crippen LogP contribution is 2.29. The maximum Gasteiger partial charge on any atom is 0.320 e. The second-order valence-electron chi connectivity index (χ2n) is 9.27. The molecule has 3 aromatic rings. The van der Waals surface area contributed by atoms with E-state index in [-0.39, 0.29) is 18.9 Å². The van der Waals surface area contributed by atoms with Crippen molar-refractivity contribution in [2.75, 3.05) is 4.90 Å². The number of anilines is 1. The van der Waals surface area contributed by atoms with Crippen molar-refractivity contribution in [2.24, 2.45) is 5.73 Å². The Kier molecular flexibility index (Phi) is 7.68. The summed E-state index contributed by atoms with van der Waals surface area (Å²) in [5.41, 5.74) is 10.5. The zero-order chi connectivity index (χ0) is 25.7. The molecule has 0 aliphatic carbocycles. The number of carboxylic acids is 1. The quantitative estimate of drug-likeness (QED) is 0.496. The molecule has 0 saturated heterocycles. The number of hydrogen-bond acceptors (Lipinski definition) is 3. The van der Waals surface area contributed by atoms with Crippen molar-refractivity contribution in [2.45, 2.75) is 51.2 Å². The first-order chi connectivity index (χ1) is 17.3. The third-order valence-electron chi connectivity index (χ3n) is 6.74. The lowest BCUT2D eigenvalue weighted by atomic mass is 9.91. The van der Waals surface area contributed by atoms with Gasteiger partial charge in [-0.3, -0.25) is 14.5 Å². The van der Waals surface area contributed by atoms with Crippen molar-refractivity contribution in [3.8, 4) is 0 Å². The van der Waals surface area contributed by atoms with Gasteiger partial charge < -0.3 is 15.7 Å². The molecule has 1 aliphatic heterocycles. The third-order valence-corrected chi connectivity index (χ3v) is 6.74. The summed E-state index contributed by atoms with van der Waals surface area (Å²) in [5, 5.41) is 9.58. The molecule has 3 N–H and O–H groups in total. The van der Waals surface area contributed by atoms with E-state index in [1.807, 2.05) is 73.7 Å². The number of rotatable bonds is 8. The lowest BCUT2D eigenvalue weighted by molar-refractivity contribution is -0.142.